The molecule has 4 heteroatoms. The second-order valence-corrected chi connectivity index (χ2v) is 7.23. The first-order valence-corrected chi connectivity index (χ1v) is 6.74. The molecule has 0 aromatic heterocycles. The molecule has 0 bridgehead atoms. The van der Waals surface area contributed by atoms with E-state index in [1.165, 1.54) is 0 Å². The summed E-state index contributed by atoms with van der Waals surface area (Å²) in [5, 5.41) is 18.5. The summed E-state index contributed by atoms with van der Waals surface area (Å²) in [6.07, 6.45) is 0. The summed E-state index contributed by atoms with van der Waals surface area (Å²) in [7, 11) is 0. The van der Waals surface area contributed by atoms with Crippen molar-refractivity contribution in [3.05, 3.63) is 0 Å². The molecule has 90 valence electrons. The van der Waals surface area contributed by atoms with Crippen molar-refractivity contribution >= 4 is 17.5 Å². The lowest BCUT2D eigenvalue weighted by Crippen LogP contribution is -2.74. The van der Waals surface area contributed by atoms with E-state index < -0.39 is 15.6 Å². The van der Waals surface area contributed by atoms with Crippen LogP contribution in [0.4, 0.5) is 0 Å². The average Bonchev–Trinajstić information content (AvgIpc) is 2.68. The number of hydrogen-bond acceptors (Lipinski definition) is 4. The van der Waals surface area contributed by atoms with Crippen LogP contribution in [0.5, 0.6) is 0 Å². The zero-order valence-electron chi connectivity index (χ0n) is 10.6. The van der Waals surface area contributed by atoms with Gasteiger partial charge in [0.25, 0.3) is 0 Å². The Labute approximate surface area is 106 Å². The van der Waals surface area contributed by atoms with Gasteiger partial charge in [0.15, 0.2) is 0 Å². The van der Waals surface area contributed by atoms with Gasteiger partial charge >= 0.3 is 0 Å². The third-order valence-electron chi connectivity index (χ3n) is 4.63. The van der Waals surface area contributed by atoms with E-state index in [9.17, 15) is 10.1 Å². The lowest BCUT2D eigenvalue weighted by atomic mass is 9.42. The van der Waals surface area contributed by atoms with Gasteiger partial charge in [0, 0.05) is 16.6 Å². The fourth-order valence-corrected chi connectivity index (χ4v) is 5.97. The summed E-state index contributed by atoms with van der Waals surface area (Å²) in [4.78, 5) is 12.2. The molecule has 2 unspecified atom stereocenters. The molecule has 1 saturated carbocycles. The van der Waals surface area contributed by atoms with Crippen molar-refractivity contribution in [1.29, 1.82) is 10.5 Å². The number of carbonyl (C=O) groups is 1. The van der Waals surface area contributed by atoms with Crippen LogP contribution in [0.1, 0.15) is 27.7 Å². The van der Waals surface area contributed by atoms with Crippen LogP contribution < -0.4 is 0 Å². The molecular weight excluding hydrogens is 232 g/mol. The quantitative estimate of drug-likeness (QED) is 0.660. The Bertz CT molecular complexity index is 449. The number of Topliss-reactive ketones (excluding diaryl/α,β-unsaturated/α-hetero) is 1. The van der Waals surface area contributed by atoms with Crippen LogP contribution in [0.3, 0.4) is 0 Å². The van der Waals surface area contributed by atoms with Gasteiger partial charge in [0.05, 0.1) is 28.7 Å². The molecule has 1 aliphatic carbocycles. The summed E-state index contributed by atoms with van der Waals surface area (Å²) in [6.45, 7) is 7.66. The lowest BCUT2D eigenvalue weighted by Gasteiger charge is -2.64. The molecule has 1 saturated heterocycles. The van der Waals surface area contributed by atoms with Crippen molar-refractivity contribution in [2.45, 2.75) is 32.4 Å². The lowest BCUT2D eigenvalue weighted by molar-refractivity contribution is -0.163. The Kier molecular flexibility index (Phi) is 2.39. The van der Waals surface area contributed by atoms with E-state index in [4.69, 9.17) is 5.26 Å². The van der Waals surface area contributed by atoms with Gasteiger partial charge in [-0.2, -0.15) is 22.3 Å². The summed E-state index contributed by atoms with van der Waals surface area (Å²) in [5.74, 6) is 0.266. The van der Waals surface area contributed by atoms with E-state index in [0.717, 1.165) is 0 Å². The first-order valence-electron chi connectivity index (χ1n) is 5.75. The molecule has 1 spiro atoms. The van der Waals surface area contributed by atoms with Crippen LogP contribution in [0, 0.1) is 45.3 Å². The van der Waals surface area contributed by atoms with Gasteiger partial charge in [-0.1, -0.05) is 27.7 Å². The Morgan fingerprint density at radius 3 is 2.12 bits per heavy atom. The van der Waals surface area contributed by atoms with Gasteiger partial charge in [-0.3, -0.25) is 4.79 Å². The standard InChI is InChI=1S/C13H16N2OS/c1-11(2)10(16)12(3,4)13(11)9(6-15)8(5-14)7-17-13/h8-9H,7H2,1-4H3. The molecular formula is C13H16N2OS. The molecule has 0 N–H and O–H groups in total. The first kappa shape index (κ1) is 12.5. The monoisotopic (exact) mass is 248 g/mol. The maximum atomic E-state index is 12.2. The van der Waals surface area contributed by atoms with E-state index in [2.05, 4.69) is 12.1 Å². The second-order valence-electron chi connectivity index (χ2n) is 5.97. The van der Waals surface area contributed by atoms with Gasteiger partial charge in [0.2, 0.25) is 0 Å². The minimum Gasteiger partial charge on any atom is -0.298 e. The number of nitriles is 2. The molecule has 17 heavy (non-hydrogen) atoms. The smallest absolute Gasteiger partial charge is 0.146 e. The van der Waals surface area contributed by atoms with Crippen LogP contribution in [0.25, 0.3) is 0 Å². The number of ketones is 1. The molecule has 2 fully saturated rings. The molecule has 1 aliphatic heterocycles. The minimum atomic E-state index is -0.507. The zero-order valence-corrected chi connectivity index (χ0v) is 11.4. The molecule has 2 atom stereocenters. The molecule has 3 nitrogen and oxygen atoms in total. The SMILES string of the molecule is CC1(C)C(=O)C(C)(C)C12SCC(C#N)C2C#N. The number of rotatable bonds is 0. The third-order valence-corrected chi connectivity index (χ3v) is 6.88. The molecule has 0 radical (unpaired) electrons. The highest BCUT2D eigenvalue weighted by Crippen LogP contribution is 2.72. The number of nitrogens with zero attached hydrogens (tertiary/aromatic N) is 2. The predicted octanol–water partition coefficient (Wildman–Crippen LogP) is 2.39. The number of thioether (sulfide) groups is 1. The highest BCUT2D eigenvalue weighted by Gasteiger charge is 2.78. The third kappa shape index (κ3) is 1.06. The van der Waals surface area contributed by atoms with Crippen molar-refractivity contribution < 1.29 is 4.79 Å². The predicted molar refractivity (Wildman–Crippen MR) is 66.0 cm³/mol. The Balaban J connectivity index is 2.55. The molecule has 1 heterocycles. The van der Waals surface area contributed by atoms with Gasteiger partial charge in [-0.25, -0.2) is 0 Å². The number of hydrogen-bond donors (Lipinski definition) is 0. The fourth-order valence-electron chi connectivity index (χ4n) is 3.96. The molecule has 0 amide bonds. The van der Waals surface area contributed by atoms with Crippen molar-refractivity contribution in [2.75, 3.05) is 5.75 Å². The van der Waals surface area contributed by atoms with Crippen molar-refractivity contribution in [2.24, 2.45) is 22.7 Å². The molecule has 0 aromatic carbocycles. The fraction of sp³-hybridized carbons (Fsp3) is 0.769. The van der Waals surface area contributed by atoms with Gasteiger partial charge < -0.3 is 0 Å². The van der Waals surface area contributed by atoms with Crippen LogP contribution in [0.2, 0.25) is 0 Å². The van der Waals surface area contributed by atoms with Crippen LogP contribution >= 0.6 is 11.8 Å². The summed E-state index contributed by atoms with van der Waals surface area (Å²) in [6, 6.07) is 4.52. The van der Waals surface area contributed by atoms with Crippen LogP contribution in [-0.4, -0.2) is 16.3 Å². The summed E-state index contributed by atoms with van der Waals surface area (Å²) in [5.41, 5.74) is -1.01. The van der Waals surface area contributed by atoms with E-state index in [-0.39, 0.29) is 17.6 Å². The van der Waals surface area contributed by atoms with Crippen LogP contribution in [0.15, 0.2) is 0 Å². The molecule has 2 rings (SSSR count). The Hall–Kier alpha value is -1.00. The Morgan fingerprint density at radius 1 is 1.18 bits per heavy atom. The van der Waals surface area contributed by atoms with Gasteiger partial charge in [0.1, 0.15) is 5.78 Å². The molecule has 0 aromatic rings. The second kappa shape index (κ2) is 3.27. The van der Waals surface area contributed by atoms with Gasteiger partial charge in [-0.15, -0.1) is 0 Å². The summed E-state index contributed by atoms with van der Waals surface area (Å²) >= 11 is 1.65. The van der Waals surface area contributed by atoms with E-state index >= 15 is 0 Å². The van der Waals surface area contributed by atoms with E-state index in [0.29, 0.717) is 5.75 Å². The van der Waals surface area contributed by atoms with Crippen LogP contribution in [-0.2, 0) is 4.79 Å². The largest absolute Gasteiger partial charge is 0.298 e. The highest BCUT2D eigenvalue weighted by atomic mass is 32.2. The highest BCUT2D eigenvalue weighted by molar-refractivity contribution is 8.01. The van der Waals surface area contributed by atoms with Crippen molar-refractivity contribution in [1.82, 2.24) is 0 Å². The maximum absolute atomic E-state index is 12.2. The number of carbonyl (C=O) groups excluding carboxylic acids is 1. The van der Waals surface area contributed by atoms with E-state index in [1.54, 1.807) is 11.8 Å². The first-order chi connectivity index (χ1) is 7.77. The Morgan fingerprint density at radius 2 is 1.71 bits per heavy atom. The van der Waals surface area contributed by atoms with Gasteiger partial charge in [-0.05, 0) is 0 Å². The zero-order chi connectivity index (χ0) is 13.1. The molecule has 2 aliphatic rings. The topological polar surface area (TPSA) is 64.7 Å². The summed E-state index contributed by atoms with van der Waals surface area (Å²) < 4.78 is -0.397. The minimum absolute atomic E-state index is 0.205. The maximum Gasteiger partial charge on any atom is 0.146 e. The average molecular weight is 248 g/mol. The van der Waals surface area contributed by atoms with Crippen molar-refractivity contribution in [3.8, 4) is 12.1 Å². The normalized spacial score (nSPS) is 36.0. The van der Waals surface area contributed by atoms with E-state index in [1.807, 2.05) is 27.7 Å². The van der Waals surface area contributed by atoms with Crippen molar-refractivity contribution in [3.63, 3.8) is 0 Å².